The lowest BCUT2D eigenvalue weighted by Crippen LogP contribution is -2.29. The molecule has 3 N–H and O–H groups in total. The Kier molecular flexibility index (Phi) is 4.75. The first-order valence-electron chi connectivity index (χ1n) is 8.45. The lowest BCUT2D eigenvalue weighted by atomic mass is 10.1. The van der Waals surface area contributed by atoms with E-state index in [1.54, 1.807) is 30.5 Å². The van der Waals surface area contributed by atoms with Gasteiger partial charge < -0.3 is 4.98 Å². The van der Waals surface area contributed by atoms with Gasteiger partial charge in [0.2, 0.25) is 0 Å². The van der Waals surface area contributed by atoms with Crippen molar-refractivity contribution in [1.82, 2.24) is 25.0 Å². The molecule has 0 aliphatic rings. The van der Waals surface area contributed by atoms with Gasteiger partial charge in [-0.15, -0.1) is 5.10 Å². The van der Waals surface area contributed by atoms with Crippen LogP contribution < -0.4 is 16.0 Å². The molecular formula is C18H13FN6O4S. The summed E-state index contributed by atoms with van der Waals surface area (Å²) in [6.45, 7) is 0. The molecule has 0 saturated carbocycles. The van der Waals surface area contributed by atoms with Gasteiger partial charge in [0, 0.05) is 17.4 Å². The van der Waals surface area contributed by atoms with Crippen molar-refractivity contribution in [3.8, 4) is 16.9 Å². The minimum Gasteiger partial charge on any atom is -0.313 e. The number of halogens is 1. The molecule has 0 aliphatic heterocycles. The third-order valence-electron chi connectivity index (χ3n) is 4.07. The largest absolute Gasteiger partial charge is 0.325 e. The van der Waals surface area contributed by atoms with Crippen LogP contribution >= 0.6 is 0 Å². The number of benzene rings is 2. The molecule has 4 aromatic rings. The molecule has 0 unspecified atom stereocenters. The lowest BCUT2D eigenvalue weighted by Gasteiger charge is -2.07. The maximum Gasteiger partial charge on any atom is 0.325 e. The topological polar surface area (TPSA) is 143 Å². The zero-order chi connectivity index (χ0) is 21.3. The number of hydrogen-bond acceptors (Lipinski definition) is 6. The molecule has 4 rings (SSSR count). The van der Waals surface area contributed by atoms with E-state index in [-0.39, 0.29) is 5.69 Å². The van der Waals surface area contributed by atoms with E-state index in [0.717, 1.165) is 6.20 Å². The fourth-order valence-corrected chi connectivity index (χ4v) is 3.72. The number of nitrogens with one attached hydrogen (secondary N) is 3. The van der Waals surface area contributed by atoms with Gasteiger partial charge in [-0.05, 0) is 30.3 Å². The summed E-state index contributed by atoms with van der Waals surface area (Å²) >= 11 is 0. The number of sulfonamides is 1. The van der Waals surface area contributed by atoms with Crippen LogP contribution in [0, 0.1) is 5.82 Å². The molecule has 2 heterocycles. The van der Waals surface area contributed by atoms with E-state index in [2.05, 4.69) is 20.0 Å². The second kappa shape index (κ2) is 7.40. The quantitative estimate of drug-likeness (QED) is 0.437. The van der Waals surface area contributed by atoms with Crippen LogP contribution in [0.2, 0.25) is 0 Å². The van der Waals surface area contributed by atoms with Crippen molar-refractivity contribution < 1.29 is 12.8 Å². The summed E-state index contributed by atoms with van der Waals surface area (Å²) in [5.74, 6) is -0.400. The predicted octanol–water partition coefficient (Wildman–Crippen LogP) is 1.25. The Bertz CT molecular complexity index is 1440. The Morgan fingerprint density at radius 2 is 1.83 bits per heavy atom. The average molecular weight is 428 g/mol. The molecule has 0 bridgehead atoms. The maximum absolute atomic E-state index is 13.4. The zero-order valence-corrected chi connectivity index (χ0v) is 15.9. The second-order valence-electron chi connectivity index (χ2n) is 6.15. The van der Waals surface area contributed by atoms with Crippen LogP contribution in [0.15, 0.2) is 75.4 Å². The molecule has 0 amide bonds. The van der Waals surface area contributed by atoms with Crippen molar-refractivity contribution >= 4 is 15.7 Å². The third kappa shape index (κ3) is 3.89. The minimum absolute atomic E-state index is 0.196. The Balaban J connectivity index is 1.56. The van der Waals surface area contributed by atoms with Crippen LogP contribution in [0.5, 0.6) is 0 Å². The number of aromatic amines is 2. The number of H-pyrrole nitrogens is 2. The number of rotatable bonds is 5. The van der Waals surface area contributed by atoms with Crippen molar-refractivity contribution in [2.45, 2.75) is 4.90 Å². The molecule has 30 heavy (non-hydrogen) atoms. The highest BCUT2D eigenvalue weighted by atomic mass is 32.2. The molecule has 2 aromatic heterocycles. The summed E-state index contributed by atoms with van der Waals surface area (Å²) in [6, 6.07) is 12.0. The highest BCUT2D eigenvalue weighted by Crippen LogP contribution is 2.21. The van der Waals surface area contributed by atoms with Crippen LogP contribution in [0.4, 0.5) is 10.1 Å². The maximum atomic E-state index is 13.4. The second-order valence-corrected chi connectivity index (χ2v) is 7.80. The van der Waals surface area contributed by atoms with Gasteiger partial charge in [-0.2, -0.15) is 0 Å². The summed E-state index contributed by atoms with van der Waals surface area (Å²) in [4.78, 5) is 26.1. The molecule has 0 fully saturated rings. The normalized spacial score (nSPS) is 11.4. The van der Waals surface area contributed by atoms with Crippen molar-refractivity contribution in [2.75, 3.05) is 4.72 Å². The van der Waals surface area contributed by atoms with E-state index < -0.39 is 32.0 Å². The Labute approximate surface area is 168 Å². The summed E-state index contributed by atoms with van der Waals surface area (Å²) in [6.07, 6.45) is 2.43. The summed E-state index contributed by atoms with van der Waals surface area (Å²) in [7, 11) is -4.21. The highest BCUT2D eigenvalue weighted by molar-refractivity contribution is 7.92. The minimum atomic E-state index is -4.21. The van der Waals surface area contributed by atoms with E-state index >= 15 is 0 Å². The molecule has 0 spiro atoms. The molecule has 10 nitrogen and oxygen atoms in total. The molecule has 0 aliphatic carbocycles. The first-order valence-corrected chi connectivity index (χ1v) is 9.94. The van der Waals surface area contributed by atoms with Gasteiger partial charge in [-0.25, -0.2) is 22.3 Å². The zero-order valence-electron chi connectivity index (χ0n) is 15.0. The Morgan fingerprint density at radius 1 is 1.07 bits per heavy atom. The van der Waals surface area contributed by atoms with E-state index in [1.807, 2.05) is 4.98 Å². The first kappa shape index (κ1) is 19.3. The first-order chi connectivity index (χ1) is 14.3. The molecule has 0 atom stereocenters. The number of nitrogens with zero attached hydrogens (tertiary/aromatic N) is 3. The van der Waals surface area contributed by atoms with E-state index in [1.165, 1.54) is 28.9 Å². The average Bonchev–Trinajstić information content (AvgIpc) is 3.18. The van der Waals surface area contributed by atoms with E-state index in [4.69, 9.17) is 0 Å². The van der Waals surface area contributed by atoms with E-state index in [9.17, 15) is 22.4 Å². The van der Waals surface area contributed by atoms with Crippen LogP contribution in [0.25, 0.3) is 16.9 Å². The number of aromatic nitrogens is 5. The van der Waals surface area contributed by atoms with Gasteiger partial charge in [0.25, 0.3) is 15.6 Å². The van der Waals surface area contributed by atoms with Gasteiger partial charge in [0.1, 0.15) is 11.5 Å². The van der Waals surface area contributed by atoms with Crippen LogP contribution in [0.3, 0.4) is 0 Å². The molecule has 0 radical (unpaired) electrons. The van der Waals surface area contributed by atoms with Crippen molar-refractivity contribution in [3.63, 3.8) is 0 Å². The molecule has 152 valence electrons. The molecule has 2 aromatic carbocycles. The standard InChI is InChI=1S/C18H13FN6O4S/c19-12-2-1-3-14(8-12)25-10-15(22-24-25)11-4-6-13(7-5-11)23-30(28,29)16-9-20-18(27)21-17(16)26/h1-10,23H,(H2,20,21,26,27). The summed E-state index contributed by atoms with van der Waals surface area (Å²) < 4.78 is 41.8. The van der Waals surface area contributed by atoms with Crippen molar-refractivity contribution in [3.05, 3.63) is 87.6 Å². The van der Waals surface area contributed by atoms with Crippen LogP contribution in [-0.2, 0) is 10.0 Å². The van der Waals surface area contributed by atoms with Crippen LogP contribution in [-0.4, -0.2) is 33.4 Å². The van der Waals surface area contributed by atoms with Gasteiger partial charge in [-0.1, -0.05) is 23.4 Å². The van der Waals surface area contributed by atoms with Gasteiger partial charge >= 0.3 is 5.69 Å². The molecule has 0 saturated heterocycles. The Hall–Kier alpha value is -4.06. The van der Waals surface area contributed by atoms with Crippen molar-refractivity contribution in [2.24, 2.45) is 0 Å². The predicted molar refractivity (Wildman–Crippen MR) is 105 cm³/mol. The fraction of sp³-hybridized carbons (Fsp3) is 0. The van der Waals surface area contributed by atoms with Gasteiger partial charge in [0.05, 0.1) is 11.9 Å². The summed E-state index contributed by atoms with van der Waals surface area (Å²) in [5.41, 5.74) is -0.00853. The SMILES string of the molecule is O=c1[nH]cc(S(=O)(=O)Nc2ccc(-c3cn(-c4cccc(F)c4)nn3)cc2)c(=O)[nH]1. The summed E-state index contributed by atoms with van der Waals surface area (Å²) in [5, 5.41) is 8.00. The Morgan fingerprint density at radius 3 is 2.53 bits per heavy atom. The third-order valence-corrected chi connectivity index (χ3v) is 5.46. The fourth-order valence-electron chi connectivity index (χ4n) is 2.66. The lowest BCUT2D eigenvalue weighted by molar-refractivity contribution is 0.599. The van der Waals surface area contributed by atoms with Gasteiger partial charge in [-0.3, -0.25) is 14.5 Å². The number of hydrogen-bond donors (Lipinski definition) is 3. The van der Waals surface area contributed by atoms with Crippen molar-refractivity contribution in [1.29, 1.82) is 0 Å². The number of anilines is 1. The van der Waals surface area contributed by atoms with Gasteiger partial charge in [0.15, 0.2) is 4.90 Å². The smallest absolute Gasteiger partial charge is 0.313 e. The van der Waals surface area contributed by atoms with Crippen LogP contribution in [0.1, 0.15) is 0 Å². The highest BCUT2D eigenvalue weighted by Gasteiger charge is 2.19. The van der Waals surface area contributed by atoms with E-state index in [0.29, 0.717) is 16.9 Å². The molecular weight excluding hydrogens is 415 g/mol. The monoisotopic (exact) mass is 428 g/mol. The molecule has 12 heteroatoms.